The van der Waals surface area contributed by atoms with Gasteiger partial charge in [0.25, 0.3) is 0 Å². The zero-order chi connectivity index (χ0) is 49.5. The van der Waals surface area contributed by atoms with Gasteiger partial charge < -0.3 is 20.1 Å². The number of esters is 1. The number of aliphatic hydroxyl groups is 1. The van der Waals surface area contributed by atoms with Crippen molar-refractivity contribution in [3.63, 3.8) is 0 Å². The lowest BCUT2D eigenvalue weighted by atomic mass is 10.0. The van der Waals surface area contributed by atoms with E-state index in [1.165, 1.54) is 186 Å². The summed E-state index contributed by atoms with van der Waals surface area (Å²) in [5, 5.41) is 12.8. The summed E-state index contributed by atoms with van der Waals surface area (Å²) in [7, 11) is -4.43. The number of hydrogen-bond donors (Lipinski definition) is 3. The van der Waals surface area contributed by atoms with Gasteiger partial charge in [-0.25, -0.2) is 4.57 Å². The Morgan fingerprint density at radius 1 is 0.456 bits per heavy atom. The van der Waals surface area contributed by atoms with Gasteiger partial charge in [0.1, 0.15) is 12.7 Å². The zero-order valence-electron chi connectivity index (χ0n) is 44.3. The second-order valence-electron chi connectivity index (χ2n) is 19.3. The summed E-state index contributed by atoms with van der Waals surface area (Å²) in [6.07, 6.45) is 66.3. The molecule has 9 nitrogen and oxygen atoms in total. The Morgan fingerprint density at radius 2 is 0.794 bits per heavy atom. The maximum atomic E-state index is 12.2. The second kappa shape index (κ2) is 54.3. The van der Waals surface area contributed by atoms with Gasteiger partial charge in [0.2, 0.25) is 5.91 Å². The highest BCUT2D eigenvalue weighted by atomic mass is 31.2. The van der Waals surface area contributed by atoms with Crippen LogP contribution in [0, 0.1) is 0 Å². The van der Waals surface area contributed by atoms with Crippen LogP contribution < -0.4 is 5.32 Å². The molecule has 0 aliphatic rings. The number of allylic oxidation sites excluding steroid dienone is 8. The van der Waals surface area contributed by atoms with Gasteiger partial charge in [-0.3, -0.25) is 18.6 Å². The number of carbonyl (C=O) groups is 2. The van der Waals surface area contributed by atoms with Crippen LogP contribution >= 0.6 is 7.82 Å². The first kappa shape index (κ1) is 66.0. The average Bonchev–Trinajstić information content (AvgIpc) is 3.33. The molecule has 0 aromatic rings. The molecule has 0 bridgehead atoms. The molecular formula is C58H108NO8P. The fourth-order valence-corrected chi connectivity index (χ4v) is 8.95. The number of nitrogens with one attached hydrogen (secondary N) is 1. The maximum absolute atomic E-state index is 12.2. The predicted molar refractivity (Wildman–Crippen MR) is 289 cm³/mol. The number of carbonyl (C=O) groups excluding carboxylic acids is 2. The molecule has 0 radical (unpaired) electrons. The van der Waals surface area contributed by atoms with Crippen molar-refractivity contribution >= 4 is 19.7 Å². The van der Waals surface area contributed by atoms with E-state index >= 15 is 0 Å². The van der Waals surface area contributed by atoms with Crippen molar-refractivity contribution in [1.29, 1.82) is 0 Å². The quantitative estimate of drug-likeness (QED) is 0.0238. The van der Waals surface area contributed by atoms with Gasteiger partial charge in [0.05, 0.1) is 13.2 Å². The molecule has 0 saturated carbocycles. The molecule has 0 heterocycles. The highest BCUT2D eigenvalue weighted by Gasteiger charge is 2.23. The lowest BCUT2D eigenvalue weighted by Gasteiger charge is -2.15. The van der Waals surface area contributed by atoms with E-state index in [1.807, 2.05) is 0 Å². The maximum Gasteiger partial charge on any atom is 0.472 e. The molecule has 0 aliphatic carbocycles. The molecule has 10 heteroatoms. The van der Waals surface area contributed by atoms with E-state index in [4.69, 9.17) is 13.8 Å². The number of phosphoric ester groups is 1. The van der Waals surface area contributed by atoms with Gasteiger partial charge in [-0.15, -0.1) is 0 Å². The third kappa shape index (κ3) is 54.9. The topological polar surface area (TPSA) is 131 Å². The van der Waals surface area contributed by atoms with Crippen molar-refractivity contribution in [2.45, 2.75) is 283 Å². The Balaban J connectivity index is 3.54. The predicted octanol–water partition coefficient (Wildman–Crippen LogP) is 17.4. The number of rotatable bonds is 54. The van der Waals surface area contributed by atoms with Crippen LogP contribution in [-0.2, 0) is 27.9 Å². The highest BCUT2D eigenvalue weighted by molar-refractivity contribution is 7.47. The number of phosphoric acid groups is 1. The van der Waals surface area contributed by atoms with Gasteiger partial charge in [-0.2, -0.15) is 0 Å². The molecular weight excluding hydrogens is 870 g/mol. The molecule has 2 unspecified atom stereocenters. The smallest absolute Gasteiger partial charge is 0.463 e. The van der Waals surface area contributed by atoms with Crippen LogP contribution in [0.25, 0.3) is 0 Å². The summed E-state index contributed by atoms with van der Waals surface area (Å²) in [6.45, 7) is 3.56. The van der Waals surface area contributed by atoms with Crippen molar-refractivity contribution in [3.05, 3.63) is 48.6 Å². The summed E-state index contributed by atoms with van der Waals surface area (Å²) in [6, 6.07) is 0. The van der Waals surface area contributed by atoms with E-state index in [1.54, 1.807) is 0 Å². The molecule has 3 N–H and O–H groups in total. The highest BCUT2D eigenvalue weighted by Crippen LogP contribution is 2.42. The van der Waals surface area contributed by atoms with Crippen LogP contribution in [0.15, 0.2) is 48.6 Å². The number of aliphatic hydroxyl groups excluding tert-OH is 1. The van der Waals surface area contributed by atoms with E-state index in [0.717, 1.165) is 64.2 Å². The number of ether oxygens (including phenoxy) is 1. The standard InChI is InChI=1S/C58H108NO8P/c1-3-5-7-9-11-13-15-17-19-21-23-25-27-29-31-33-35-37-39-41-43-45-47-49-51-58(62)65-54-56(60)55-67-68(63,64)66-53-52-59-57(61)50-48-46-44-42-40-38-36-34-32-30-28-26-24-22-20-18-16-14-12-10-8-6-4-2/h12,14,18,20,24,26,30,32,56,60H,3-11,13,15-17,19,21-23,25,27-29,31,33-55H2,1-2H3,(H,59,61)(H,63,64)/b14-12-,20-18-,26-24-,32-30-. The van der Waals surface area contributed by atoms with Crippen molar-refractivity contribution < 1.29 is 37.9 Å². The monoisotopic (exact) mass is 978 g/mol. The van der Waals surface area contributed by atoms with Crippen LogP contribution in [0.4, 0.5) is 0 Å². The summed E-state index contributed by atoms with van der Waals surface area (Å²) < 4.78 is 27.1. The fraction of sp³-hybridized carbons (Fsp3) is 0.828. The van der Waals surface area contributed by atoms with E-state index in [9.17, 15) is 24.2 Å². The molecule has 0 fully saturated rings. The SMILES string of the molecule is CCCCC/C=C\C/C=C\C/C=C\C/C=C\CCCCCCCCCC(=O)NCCOP(=O)(O)OCC(O)COC(=O)CCCCCCCCCCCCCCCCCCCCCCCCCC. The molecule has 398 valence electrons. The lowest BCUT2D eigenvalue weighted by Crippen LogP contribution is -2.27. The fourth-order valence-electron chi connectivity index (χ4n) is 8.19. The number of amides is 1. The molecule has 0 rings (SSSR count). The van der Waals surface area contributed by atoms with Crippen molar-refractivity contribution in [2.24, 2.45) is 0 Å². The third-order valence-electron chi connectivity index (χ3n) is 12.5. The summed E-state index contributed by atoms with van der Waals surface area (Å²) >= 11 is 0. The molecule has 0 aromatic heterocycles. The van der Waals surface area contributed by atoms with Gasteiger partial charge in [0, 0.05) is 19.4 Å². The molecule has 0 aliphatic heterocycles. The molecule has 0 saturated heterocycles. The van der Waals surface area contributed by atoms with Gasteiger partial charge >= 0.3 is 13.8 Å². The molecule has 0 spiro atoms. The van der Waals surface area contributed by atoms with Crippen LogP contribution in [-0.4, -0.2) is 54.3 Å². The van der Waals surface area contributed by atoms with Gasteiger partial charge in [-0.1, -0.05) is 255 Å². The minimum absolute atomic E-state index is 0.0754. The summed E-state index contributed by atoms with van der Waals surface area (Å²) in [4.78, 5) is 34.2. The van der Waals surface area contributed by atoms with Gasteiger partial charge in [0.15, 0.2) is 0 Å². The minimum atomic E-state index is -4.43. The van der Waals surface area contributed by atoms with Crippen molar-refractivity contribution in [1.82, 2.24) is 5.32 Å². The third-order valence-corrected chi connectivity index (χ3v) is 13.5. The Hall–Kier alpha value is -2.03. The Bertz CT molecular complexity index is 1250. The van der Waals surface area contributed by atoms with E-state index in [-0.39, 0.29) is 32.1 Å². The first-order valence-corrected chi connectivity index (χ1v) is 30.1. The van der Waals surface area contributed by atoms with Gasteiger partial charge in [-0.05, 0) is 57.8 Å². The minimum Gasteiger partial charge on any atom is -0.463 e. The van der Waals surface area contributed by atoms with E-state index in [2.05, 4.69) is 67.8 Å². The summed E-state index contributed by atoms with van der Waals surface area (Å²) in [5.41, 5.74) is 0. The largest absolute Gasteiger partial charge is 0.472 e. The Labute approximate surface area is 419 Å². The van der Waals surface area contributed by atoms with Crippen LogP contribution in [0.3, 0.4) is 0 Å². The van der Waals surface area contributed by atoms with Crippen LogP contribution in [0.5, 0.6) is 0 Å². The Morgan fingerprint density at radius 3 is 1.22 bits per heavy atom. The molecule has 1 amide bonds. The summed E-state index contributed by atoms with van der Waals surface area (Å²) in [5.74, 6) is -0.517. The first-order valence-electron chi connectivity index (χ1n) is 28.6. The number of unbranched alkanes of at least 4 members (excludes halogenated alkanes) is 33. The van der Waals surface area contributed by atoms with Crippen LogP contribution in [0.1, 0.15) is 277 Å². The zero-order valence-corrected chi connectivity index (χ0v) is 45.2. The molecule has 68 heavy (non-hydrogen) atoms. The van der Waals surface area contributed by atoms with Crippen molar-refractivity contribution in [3.8, 4) is 0 Å². The first-order chi connectivity index (χ1) is 33.3. The lowest BCUT2D eigenvalue weighted by molar-refractivity contribution is -0.147. The second-order valence-corrected chi connectivity index (χ2v) is 20.7. The normalized spacial score (nSPS) is 13.4. The van der Waals surface area contributed by atoms with Crippen molar-refractivity contribution in [2.75, 3.05) is 26.4 Å². The van der Waals surface area contributed by atoms with E-state index in [0.29, 0.717) is 6.42 Å². The van der Waals surface area contributed by atoms with Crippen LogP contribution in [0.2, 0.25) is 0 Å². The average molecular weight is 978 g/mol. The Kier molecular flexibility index (Phi) is 52.7. The molecule has 2 atom stereocenters. The van der Waals surface area contributed by atoms with E-state index < -0.39 is 26.5 Å². The molecule has 0 aromatic carbocycles. The number of hydrogen-bond acceptors (Lipinski definition) is 7.